The summed E-state index contributed by atoms with van der Waals surface area (Å²) >= 11 is 0. The molecule has 2 rings (SSSR count). The summed E-state index contributed by atoms with van der Waals surface area (Å²) in [5.41, 5.74) is 5.90. The van der Waals surface area contributed by atoms with Gasteiger partial charge in [0.2, 0.25) is 0 Å². The lowest BCUT2D eigenvalue weighted by molar-refractivity contribution is 0.338. The zero-order valence-electron chi connectivity index (χ0n) is 10.5. The number of hydrogen-bond donors (Lipinski definition) is 1. The van der Waals surface area contributed by atoms with Gasteiger partial charge < -0.3 is 10.6 Å². The molecule has 106 valence electrons. The lowest BCUT2D eigenvalue weighted by Crippen LogP contribution is -2.41. The van der Waals surface area contributed by atoms with Crippen LogP contribution in [-0.4, -0.2) is 49.9 Å². The van der Waals surface area contributed by atoms with Crippen molar-refractivity contribution in [2.75, 3.05) is 25.4 Å². The third-order valence-corrected chi connectivity index (χ3v) is 5.86. The Bertz CT molecular complexity index is 391. The largest absolute Gasteiger partial charge is 0.370 e. The van der Waals surface area contributed by atoms with Gasteiger partial charge in [0.15, 0.2) is 15.8 Å². The van der Waals surface area contributed by atoms with E-state index in [0.29, 0.717) is 18.3 Å². The molecule has 1 unspecified atom stereocenters. The van der Waals surface area contributed by atoms with Crippen molar-refractivity contribution in [3.8, 4) is 0 Å². The number of nitrogens with two attached hydrogens (primary N) is 1. The SMILES string of the molecule is I.NC(=NCC1CCCS1(=O)=O)N1CCCCC1. The Morgan fingerprint density at radius 2 is 1.89 bits per heavy atom. The number of hydrogen-bond acceptors (Lipinski definition) is 3. The monoisotopic (exact) mass is 387 g/mol. The number of sulfone groups is 1. The fourth-order valence-corrected chi connectivity index (χ4v) is 4.21. The summed E-state index contributed by atoms with van der Waals surface area (Å²) < 4.78 is 23.3. The molecule has 7 heteroatoms. The second kappa shape index (κ2) is 6.93. The van der Waals surface area contributed by atoms with Gasteiger partial charge in [-0.3, -0.25) is 4.99 Å². The fraction of sp³-hybridized carbons (Fsp3) is 0.909. The summed E-state index contributed by atoms with van der Waals surface area (Å²) in [6, 6.07) is 0. The molecule has 0 spiro atoms. The average molecular weight is 387 g/mol. The van der Waals surface area contributed by atoms with Crippen LogP contribution in [0.5, 0.6) is 0 Å². The Labute approximate surface area is 126 Å². The van der Waals surface area contributed by atoms with Gasteiger partial charge in [-0.25, -0.2) is 8.42 Å². The predicted octanol–water partition coefficient (Wildman–Crippen LogP) is 0.982. The molecule has 0 radical (unpaired) electrons. The van der Waals surface area contributed by atoms with Gasteiger partial charge in [-0.05, 0) is 32.1 Å². The van der Waals surface area contributed by atoms with E-state index in [9.17, 15) is 8.42 Å². The van der Waals surface area contributed by atoms with E-state index in [4.69, 9.17) is 5.73 Å². The van der Waals surface area contributed by atoms with E-state index in [-0.39, 0.29) is 29.2 Å². The first-order valence-electron chi connectivity index (χ1n) is 6.36. The lowest BCUT2D eigenvalue weighted by Gasteiger charge is -2.27. The summed E-state index contributed by atoms with van der Waals surface area (Å²) in [6.07, 6.45) is 5.06. The van der Waals surface area contributed by atoms with Gasteiger partial charge in [0.1, 0.15) is 0 Å². The first-order valence-corrected chi connectivity index (χ1v) is 8.07. The zero-order chi connectivity index (χ0) is 12.3. The van der Waals surface area contributed by atoms with Crippen LogP contribution in [0.1, 0.15) is 32.1 Å². The molecule has 2 aliphatic rings. The predicted molar refractivity (Wildman–Crippen MR) is 84.1 cm³/mol. The number of likely N-dealkylation sites (tertiary alicyclic amines) is 1. The molecule has 0 bridgehead atoms. The Balaban J connectivity index is 0.00000162. The van der Waals surface area contributed by atoms with Gasteiger partial charge in [0, 0.05) is 13.1 Å². The molecule has 0 aromatic carbocycles. The third kappa shape index (κ3) is 3.97. The van der Waals surface area contributed by atoms with Crippen LogP contribution in [0.3, 0.4) is 0 Å². The maximum absolute atomic E-state index is 11.6. The Hall–Kier alpha value is -0.0500. The van der Waals surface area contributed by atoms with Crippen molar-refractivity contribution in [2.24, 2.45) is 10.7 Å². The molecule has 2 N–H and O–H groups in total. The number of halogens is 1. The van der Waals surface area contributed by atoms with E-state index < -0.39 is 9.84 Å². The summed E-state index contributed by atoms with van der Waals surface area (Å²) in [5.74, 6) is 0.836. The lowest BCUT2D eigenvalue weighted by atomic mass is 10.1. The van der Waals surface area contributed by atoms with Gasteiger partial charge in [0.05, 0.1) is 17.5 Å². The van der Waals surface area contributed by atoms with Crippen LogP contribution in [-0.2, 0) is 9.84 Å². The highest BCUT2D eigenvalue weighted by molar-refractivity contribution is 14.0. The first-order chi connectivity index (χ1) is 8.09. The number of piperidine rings is 1. The second-order valence-electron chi connectivity index (χ2n) is 4.88. The highest BCUT2D eigenvalue weighted by Crippen LogP contribution is 2.20. The maximum Gasteiger partial charge on any atom is 0.191 e. The summed E-state index contributed by atoms with van der Waals surface area (Å²) in [4.78, 5) is 6.33. The average Bonchev–Trinajstić information content (AvgIpc) is 2.66. The van der Waals surface area contributed by atoms with E-state index in [1.54, 1.807) is 0 Å². The van der Waals surface area contributed by atoms with Crippen LogP contribution >= 0.6 is 24.0 Å². The summed E-state index contributed by atoms with van der Waals surface area (Å²) in [7, 11) is -2.89. The van der Waals surface area contributed by atoms with Gasteiger partial charge in [0.25, 0.3) is 0 Å². The maximum atomic E-state index is 11.6. The van der Waals surface area contributed by atoms with Crippen molar-refractivity contribution in [2.45, 2.75) is 37.4 Å². The number of guanidine groups is 1. The highest BCUT2D eigenvalue weighted by atomic mass is 127. The fourth-order valence-electron chi connectivity index (χ4n) is 2.48. The van der Waals surface area contributed by atoms with Crippen LogP contribution in [0, 0.1) is 0 Å². The van der Waals surface area contributed by atoms with Crippen LogP contribution in [0.2, 0.25) is 0 Å². The van der Waals surface area contributed by atoms with Crippen molar-refractivity contribution in [3.05, 3.63) is 0 Å². The Morgan fingerprint density at radius 1 is 1.22 bits per heavy atom. The topological polar surface area (TPSA) is 75.8 Å². The van der Waals surface area contributed by atoms with E-state index in [2.05, 4.69) is 9.89 Å². The van der Waals surface area contributed by atoms with Crippen molar-refractivity contribution in [1.29, 1.82) is 0 Å². The van der Waals surface area contributed by atoms with Crippen LogP contribution in [0.15, 0.2) is 4.99 Å². The molecule has 1 atom stereocenters. The molecule has 18 heavy (non-hydrogen) atoms. The van der Waals surface area contributed by atoms with E-state index in [1.807, 2.05) is 0 Å². The third-order valence-electron chi connectivity index (χ3n) is 3.60. The standard InChI is InChI=1S/C11H21N3O2S.HI/c12-11(14-6-2-1-3-7-14)13-9-10-5-4-8-17(10,15)16;/h10H,1-9H2,(H2,12,13);1H. The minimum Gasteiger partial charge on any atom is -0.370 e. The zero-order valence-corrected chi connectivity index (χ0v) is 13.7. The second-order valence-corrected chi connectivity index (χ2v) is 7.28. The molecular formula is C11H22IN3O2S. The number of aliphatic imine (C=N–C) groups is 1. The molecule has 2 aliphatic heterocycles. The molecule has 0 amide bonds. The number of nitrogens with zero attached hydrogens (tertiary/aromatic N) is 2. The minimum atomic E-state index is -2.89. The minimum absolute atomic E-state index is 0. The smallest absolute Gasteiger partial charge is 0.191 e. The normalized spacial score (nSPS) is 27.9. The molecule has 2 fully saturated rings. The summed E-state index contributed by atoms with van der Waals surface area (Å²) in [6.45, 7) is 2.24. The summed E-state index contributed by atoms with van der Waals surface area (Å²) in [5, 5.41) is -0.300. The van der Waals surface area contributed by atoms with E-state index >= 15 is 0 Å². The van der Waals surface area contributed by atoms with Crippen molar-refractivity contribution in [3.63, 3.8) is 0 Å². The van der Waals surface area contributed by atoms with E-state index in [1.165, 1.54) is 6.42 Å². The molecule has 0 aliphatic carbocycles. The molecule has 0 aromatic heterocycles. The van der Waals surface area contributed by atoms with Crippen LogP contribution in [0.4, 0.5) is 0 Å². The van der Waals surface area contributed by atoms with Gasteiger partial charge in [-0.15, -0.1) is 24.0 Å². The molecule has 0 saturated carbocycles. The number of rotatable bonds is 2. The first kappa shape index (κ1) is 16.0. The Kier molecular flexibility index (Phi) is 6.16. The Morgan fingerprint density at radius 3 is 2.44 bits per heavy atom. The van der Waals surface area contributed by atoms with Crippen LogP contribution in [0.25, 0.3) is 0 Å². The molecular weight excluding hydrogens is 365 g/mol. The quantitative estimate of drug-likeness (QED) is 0.436. The van der Waals surface area contributed by atoms with Crippen LogP contribution < -0.4 is 5.73 Å². The van der Waals surface area contributed by atoms with Gasteiger partial charge in [-0.2, -0.15) is 0 Å². The van der Waals surface area contributed by atoms with Crippen molar-refractivity contribution < 1.29 is 8.42 Å². The van der Waals surface area contributed by atoms with Crippen molar-refractivity contribution >= 4 is 39.8 Å². The molecule has 2 saturated heterocycles. The molecule has 5 nitrogen and oxygen atoms in total. The van der Waals surface area contributed by atoms with Crippen molar-refractivity contribution in [1.82, 2.24) is 4.90 Å². The highest BCUT2D eigenvalue weighted by Gasteiger charge is 2.31. The van der Waals surface area contributed by atoms with Gasteiger partial charge >= 0.3 is 0 Å². The molecule has 2 heterocycles. The molecule has 0 aromatic rings. The van der Waals surface area contributed by atoms with Gasteiger partial charge in [-0.1, -0.05) is 0 Å². The van der Waals surface area contributed by atoms with E-state index in [0.717, 1.165) is 38.8 Å².